The number of amides is 2. The smallest absolute Gasteiger partial charge is 0.407 e. The molecule has 3 aliphatic rings. The summed E-state index contributed by atoms with van der Waals surface area (Å²) in [6, 6.07) is 12.4. The molecule has 70 heavy (non-hydrogen) atoms. The first-order valence-corrected chi connectivity index (χ1v) is 22.5. The second-order valence-electron chi connectivity index (χ2n) is 16.0. The number of benzene rings is 1. The number of carbonyl (C=O) groups is 4. The van der Waals surface area contributed by atoms with Gasteiger partial charge in [-0.3, -0.25) is 18.7 Å². The van der Waals surface area contributed by atoms with Crippen molar-refractivity contribution in [3.63, 3.8) is 0 Å². The van der Waals surface area contributed by atoms with Crippen LogP contribution in [0.4, 0.5) is 21.2 Å². The maximum Gasteiger partial charge on any atom is 0.407 e. The number of aryl methyl sites for hydroxylation is 1. The predicted octanol–water partition coefficient (Wildman–Crippen LogP) is 0.936. The molecule has 10 N–H and O–H groups in total. The molecule has 2 fully saturated rings. The van der Waals surface area contributed by atoms with Crippen LogP contribution in [0.2, 0.25) is 0 Å². The summed E-state index contributed by atoms with van der Waals surface area (Å²) < 4.78 is 24.2. The van der Waals surface area contributed by atoms with Gasteiger partial charge in [-0.05, 0) is 48.6 Å². The number of aliphatic hydroxyl groups excluding tert-OH is 4. The number of ether oxygens (including phenoxy) is 4. The fourth-order valence-electron chi connectivity index (χ4n) is 7.90. The van der Waals surface area contributed by atoms with Crippen LogP contribution >= 0.6 is 11.3 Å². The lowest BCUT2D eigenvalue weighted by molar-refractivity contribution is -0.136. The van der Waals surface area contributed by atoms with E-state index in [0.717, 1.165) is 17.7 Å². The topological polar surface area (TPSA) is 362 Å². The van der Waals surface area contributed by atoms with Gasteiger partial charge in [-0.15, -0.1) is 11.3 Å². The van der Waals surface area contributed by atoms with Crippen LogP contribution in [0.3, 0.4) is 0 Å². The fourth-order valence-corrected chi connectivity index (χ4v) is 8.73. The third-order valence-corrected chi connectivity index (χ3v) is 12.3. The number of imidazole rings is 2. The van der Waals surface area contributed by atoms with Crippen molar-refractivity contribution in [2.75, 3.05) is 43.5 Å². The van der Waals surface area contributed by atoms with Crippen LogP contribution < -0.4 is 21.3 Å². The molecule has 6 aromatic rings. The van der Waals surface area contributed by atoms with Gasteiger partial charge in [0.15, 0.2) is 46.4 Å². The van der Waals surface area contributed by atoms with Crippen LogP contribution in [0.25, 0.3) is 27.9 Å². The molecule has 8 atom stereocenters. The van der Waals surface area contributed by atoms with Crippen LogP contribution in [-0.4, -0.2) is 163 Å². The average molecular weight is 989 g/mol. The fraction of sp³-hybridized carbons (Fsp3) is 0.395. The molecule has 0 bridgehead atoms. The average Bonchev–Trinajstić information content (AvgIpc) is 4.23. The van der Waals surface area contributed by atoms with Crippen LogP contribution in [0, 0.1) is 6.92 Å². The standard InChI is InChI=1S/C24H26N6O7.C19H22N6O7S/c31-17(32)9-26-24(35)36-10-16-19(33)20(34)23(37-16)30-12-29-18-21(27-11-28-22(18)30)25-8-7-14-6-5-13-3-1-2-4-15(13)14;1-9-2-3-10(33-9)4-20-16-13-17(23-7-22-16)25(8-24-13)18-15(29)14(28)11(32-18)6-31-19(30)21-5-12(26)27/h1-4,6,11-12,16,19-20,23,33-34H,5,7-10H2,(H,26,35)(H,31,32)(H,25,27,28);2-3,7-8,11,14-15,18,28-29H,4-6H2,1H3,(H,21,30)(H,26,27)(H,20,22,23)/t16-,19?,20+,23-;11-,14?,15+,18-/m11/s1. The number of nitrogens with zero attached hydrogens (tertiary/aromatic N) is 8. The van der Waals surface area contributed by atoms with Gasteiger partial charge in [0, 0.05) is 16.3 Å². The van der Waals surface area contributed by atoms with E-state index in [1.165, 1.54) is 56.0 Å². The van der Waals surface area contributed by atoms with Crippen molar-refractivity contribution < 1.29 is 68.8 Å². The number of nitrogens with one attached hydrogen (secondary N) is 4. The van der Waals surface area contributed by atoms with Gasteiger partial charge in [-0.1, -0.05) is 30.3 Å². The zero-order chi connectivity index (χ0) is 49.5. The van der Waals surface area contributed by atoms with Crippen LogP contribution in [0.5, 0.6) is 0 Å². The number of aromatic nitrogens is 8. The molecule has 2 amide bonds. The first kappa shape index (κ1) is 49.0. The van der Waals surface area contributed by atoms with Crippen LogP contribution in [0.15, 0.2) is 67.8 Å². The van der Waals surface area contributed by atoms with E-state index < -0.39 is 99.5 Å². The molecule has 1 aromatic carbocycles. The molecule has 7 heterocycles. The Labute approximate surface area is 400 Å². The maximum atomic E-state index is 11.6. The number of carboxylic acid groups (broad SMARTS) is 2. The van der Waals surface area contributed by atoms with E-state index in [1.807, 2.05) is 41.8 Å². The van der Waals surface area contributed by atoms with E-state index in [2.05, 4.69) is 58.7 Å². The Morgan fingerprint density at radius 1 is 0.714 bits per heavy atom. The van der Waals surface area contributed by atoms with Crippen molar-refractivity contribution in [2.24, 2.45) is 0 Å². The zero-order valence-corrected chi connectivity index (χ0v) is 37.9. The number of allylic oxidation sites excluding steroid dienone is 1. The van der Waals surface area contributed by atoms with Crippen molar-refractivity contribution in [1.82, 2.24) is 49.7 Å². The van der Waals surface area contributed by atoms with E-state index in [-0.39, 0.29) is 0 Å². The Hall–Kier alpha value is -7.40. The molecule has 2 aliphatic heterocycles. The second-order valence-corrected chi connectivity index (χ2v) is 17.4. The first-order chi connectivity index (χ1) is 33.7. The molecule has 27 heteroatoms. The monoisotopic (exact) mass is 988 g/mol. The van der Waals surface area contributed by atoms with Gasteiger partial charge in [-0.2, -0.15) is 0 Å². The maximum absolute atomic E-state index is 11.6. The molecule has 2 saturated heterocycles. The van der Waals surface area contributed by atoms with Crippen LogP contribution in [0.1, 0.15) is 39.8 Å². The predicted molar refractivity (Wildman–Crippen MR) is 244 cm³/mol. The highest BCUT2D eigenvalue weighted by molar-refractivity contribution is 7.11. The Kier molecular flexibility index (Phi) is 15.4. The molecule has 0 radical (unpaired) electrons. The molecule has 370 valence electrons. The molecule has 0 saturated carbocycles. The van der Waals surface area contributed by atoms with Crippen molar-refractivity contribution >= 4 is 75.0 Å². The Morgan fingerprint density at radius 3 is 1.79 bits per heavy atom. The van der Waals surface area contributed by atoms with E-state index in [0.29, 0.717) is 47.1 Å². The second kappa shape index (κ2) is 21.9. The minimum atomic E-state index is -1.36. The van der Waals surface area contributed by atoms with Crippen molar-refractivity contribution in [3.05, 3.63) is 88.7 Å². The number of hydrogen-bond donors (Lipinski definition) is 10. The molecular weight excluding hydrogens is 941 g/mol. The number of carboxylic acids is 2. The van der Waals surface area contributed by atoms with Gasteiger partial charge in [-0.25, -0.2) is 39.5 Å². The van der Waals surface area contributed by atoms with Gasteiger partial charge in [0.05, 0.1) is 19.2 Å². The lowest BCUT2D eigenvalue weighted by atomic mass is 10.0. The summed E-state index contributed by atoms with van der Waals surface area (Å²) in [7, 11) is 0. The Balaban J connectivity index is 0.000000190. The molecule has 26 nitrogen and oxygen atoms in total. The summed E-state index contributed by atoms with van der Waals surface area (Å²) in [6.07, 6.45) is -2.01. The number of fused-ring (bicyclic) bond motifs is 3. The Morgan fingerprint density at radius 2 is 1.26 bits per heavy atom. The lowest BCUT2D eigenvalue weighted by Crippen LogP contribution is -2.36. The lowest BCUT2D eigenvalue weighted by Gasteiger charge is -2.16. The highest BCUT2D eigenvalue weighted by Crippen LogP contribution is 2.35. The van der Waals surface area contributed by atoms with Gasteiger partial charge in [0.2, 0.25) is 0 Å². The summed E-state index contributed by atoms with van der Waals surface area (Å²) >= 11 is 1.67. The summed E-state index contributed by atoms with van der Waals surface area (Å²) in [5, 5.41) is 69.6. The highest BCUT2D eigenvalue weighted by atomic mass is 32.1. The highest BCUT2D eigenvalue weighted by Gasteiger charge is 2.46. The molecule has 9 rings (SSSR count). The SMILES string of the molecule is Cc1ccc(CNc2ncnc3c2ncn3[C@@H]2O[C@H](COC(=O)NCC(=O)O)C(O)[C@@H]2O)s1.O=C(O)CNC(=O)OC[C@H]1O[C@@H](n2cnc3c(NCCC4=CCc5ccccc54)ncnc32)[C@@H](O)C1O. The number of aliphatic carboxylic acids is 2. The summed E-state index contributed by atoms with van der Waals surface area (Å²) in [4.78, 5) is 72.3. The van der Waals surface area contributed by atoms with Crippen molar-refractivity contribution in [3.8, 4) is 0 Å². The number of hydrogen-bond acceptors (Lipinski definition) is 21. The molecule has 1 aliphatic carbocycles. The molecular formula is C43H48N12O14S. The summed E-state index contributed by atoms with van der Waals surface area (Å²) in [5.41, 5.74) is 5.57. The summed E-state index contributed by atoms with van der Waals surface area (Å²) in [6.45, 7) is 1.20. The number of alkyl carbamates (subject to hydrolysis) is 2. The zero-order valence-electron chi connectivity index (χ0n) is 37.1. The van der Waals surface area contributed by atoms with Gasteiger partial charge in [0.1, 0.15) is 75.6 Å². The number of thiophene rings is 1. The molecule has 0 spiro atoms. The normalized spacial score (nSPS) is 22.4. The summed E-state index contributed by atoms with van der Waals surface area (Å²) in [5.74, 6) is -1.42. The third-order valence-electron chi connectivity index (χ3n) is 11.3. The van der Waals surface area contributed by atoms with Gasteiger partial charge in [0.25, 0.3) is 0 Å². The number of aliphatic hydroxyl groups is 4. The van der Waals surface area contributed by atoms with Gasteiger partial charge >= 0.3 is 24.1 Å². The van der Waals surface area contributed by atoms with Crippen molar-refractivity contribution in [2.45, 2.75) is 75.4 Å². The number of rotatable bonds is 17. The molecule has 5 aromatic heterocycles. The first-order valence-electron chi connectivity index (χ1n) is 21.7. The number of carbonyl (C=O) groups excluding carboxylic acids is 2. The molecule has 2 unspecified atom stereocenters. The van der Waals surface area contributed by atoms with Crippen molar-refractivity contribution in [1.29, 1.82) is 0 Å². The van der Waals surface area contributed by atoms with Gasteiger partial charge < -0.3 is 70.9 Å². The minimum absolute atomic E-state index is 0.381. The third kappa shape index (κ3) is 11.2. The van der Waals surface area contributed by atoms with E-state index >= 15 is 0 Å². The largest absolute Gasteiger partial charge is 0.480 e. The number of anilines is 2. The quantitative estimate of drug-likeness (QED) is 0.0608. The van der Waals surface area contributed by atoms with E-state index in [4.69, 9.17) is 29.2 Å². The Bertz CT molecular complexity index is 2870. The van der Waals surface area contributed by atoms with E-state index in [1.54, 1.807) is 11.3 Å². The van der Waals surface area contributed by atoms with Crippen LogP contribution in [-0.2, 0) is 41.5 Å². The minimum Gasteiger partial charge on any atom is -0.480 e. The van der Waals surface area contributed by atoms with E-state index in [9.17, 15) is 39.6 Å².